The van der Waals surface area contributed by atoms with Crippen LogP contribution in [0.3, 0.4) is 0 Å². The fourth-order valence-corrected chi connectivity index (χ4v) is 1.84. The van der Waals surface area contributed by atoms with E-state index in [4.69, 9.17) is 9.84 Å². The number of nitrogens with one attached hydrogen (secondary N) is 1. The first kappa shape index (κ1) is 13.7. The largest absolute Gasteiger partial charge is 0.481 e. The van der Waals surface area contributed by atoms with Gasteiger partial charge in [0.25, 0.3) is 0 Å². The van der Waals surface area contributed by atoms with Crippen LogP contribution in [0.5, 0.6) is 0 Å². The second kappa shape index (κ2) is 7.06. The van der Waals surface area contributed by atoms with E-state index in [9.17, 15) is 9.59 Å². The summed E-state index contributed by atoms with van der Waals surface area (Å²) in [6, 6.07) is 0. The molecule has 0 aliphatic heterocycles. The maximum absolute atomic E-state index is 11.6. The quantitative estimate of drug-likeness (QED) is 0.651. The van der Waals surface area contributed by atoms with Gasteiger partial charge in [0.05, 0.1) is 12.5 Å². The molecule has 0 heterocycles. The lowest BCUT2D eigenvalue weighted by molar-refractivity contribution is -0.140. The lowest BCUT2D eigenvalue weighted by Crippen LogP contribution is -2.35. The molecule has 1 aliphatic carbocycles. The fraction of sp³-hybridized carbons (Fsp3) is 0.667. The number of carbonyl (C=O) groups is 2. The van der Waals surface area contributed by atoms with E-state index in [2.05, 4.69) is 17.5 Å². The van der Waals surface area contributed by atoms with Gasteiger partial charge in [-0.1, -0.05) is 12.2 Å². The summed E-state index contributed by atoms with van der Waals surface area (Å²) in [6.07, 6.45) is 6.12. The summed E-state index contributed by atoms with van der Waals surface area (Å²) in [5.41, 5.74) is 0. The molecule has 17 heavy (non-hydrogen) atoms. The van der Waals surface area contributed by atoms with Crippen molar-refractivity contribution in [1.29, 1.82) is 0 Å². The lowest BCUT2D eigenvalue weighted by Gasteiger charge is -2.14. The van der Waals surface area contributed by atoms with Crippen LogP contribution in [0.4, 0.5) is 0 Å². The minimum absolute atomic E-state index is 0.0472. The number of carbonyl (C=O) groups excluding carboxylic acids is 1. The van der Waals surface area contributed by atoms with Crippen LogP contribution in [-0.4, -0.2) is 36.7 Å². The fourth-order valence-electron chi connectivity index (χ4n) is 1.84. The second-order valence-corrected chi connectivity index (χ2v) is 4.23. The van der Waals surface area contributed by atoms with Crippen LogP contribution in [-0.2, 0) is 14.3 Å². The molecule has 0 aromatic rings. The van der Waals surface area contributed by atoms with Crippen LogP contribution >= 0.6 is 0 Å². The van der Waals surface area contributed by atoms with Crippen LogP contribution < -0.4 is 5.32 Å². The van der Waals surface area contributed by atoms with Crippen LogP contribution in [0, 0.1) is 5.92 Å². The molecule has 0 fully saturated rings. The van der Waals surface area contributed by atoms with Gasteiger partial charge in [-0.15, -0.1) is 0 Å². The summed E-state index contributed by atoms with van der Waals surface area (Å²) < 4.78 is 4.97. The van der Waals surface area contributed by atoms with Crippen LogP contribution in [0.15, 0.2) is 12.2 Å². The smallest absolute Gasteiger partial charge is 0.306 e. The van der Waals surface area contributed by atoms with Crippen LogP contribution in [0.2, 0.25) is 0 Å². The molecular weight excluding hydrogens is 222 g/mol. The van der Waals surface area contributed by atoms with E-state index in [0.717, 1.165) is 12.8 Å². The van der Waals surface area contributed by atoms with E-state index in [1.54, 1.807) is 0 Å². The van der Waals surface area contributed by atoms with Crippen molar-refractivity contribution in [1.82, 2.24) is 5.32 Å². The molecule has 1 aliphatic rings. The summed E-state index contributed by atoms with van der Waals surface area (Å²) in [4.78, 5) is 22.0. The molecule has 2 atom stereocenters. The van der Waals surface area contributed by atoms with Gasteiger partial charge < -0.3 is 15.2 Å². The Labute approximate surface area is 101 Å². The third-order valence-corrected chi connectivity index (χ3v) is 2.82. The van der Waals surface area contributed by atoms with Gasteiger partial charge >= 0.3 is 5.97 Å². The second-order valence-electron chi connectivity index (χ2n) is 4.23. The van der Waals surface area contributed by atoms with E-state index in [-0.39, 0.29) is 18.9 Å². The molecule has 0 bridgehead atoms. The van der Waals surface area contributed by atoms with Crippen LogP contribution in [0.1, 0.15) is 25.7 Å². The van der Waals surface area contributed by atoms with Crippen molar-refractivity contribution < 1.29 is 19.4 Å². The molecule has 5 heteroatoms. The third-order valence-electron chi connectivity index (χ3n) is 2.82. The molecule has 1 amide bonds. The monoisotopic (exact) mass is 241 g/mol. The minimum Gasteiger partial charge on any atom is -0.481 e. The van der Waals surface area contributed by atoms with Gasteiger partial charge in [0, 0.05) is 20.1 Å². The number of hydrogen-bond acceptors (Lipinski definition) is 3. The Balaban J connectivity index is 2.21. The van der Waals surface area contributed by atoms with Gasteiger partial charge in [-0.2, -0.15) is 0 Å². The van der Waals surface area contributed by atoms with E-state index in [0.29, 0.717) is 12.3 Å². The zero-order valence-corrected chi connectivity index (χ0v) is 10.0. The first-order valence-electron chi connectivity index (χ1n) is 5.79. The topological polar surface area (TPSA) is 75.6 Å². The molecule has 0 saturated heterocycles. The molecule has 2 unspecified atom stereocenters. The van der Waals surface area contributed by atoms with Crippen molar-refractivity contribution in [2.24, 2.45) is 5.92 Å². The van der Waals surface area contributed by atoms with Crippen molar-refractivity contribution in [2.75, 3.05) is 13.7 Å². The van der Waals surface area contributed by atoms with Crippen molar-refractivity contribution >= 4 is 11.9 Å². The number of hydrogen-bond donors (Lipinski definition) is 2. The molecule has 1 rings (SSSR count). The van der Waals surface area contributed by atoms with Crippen molar-refractivity contribution in [3.05, 3.63) is 12.2 Å². The van der Waals surface area contributed by atoms with Gasteiger partial charge in [-0.25, -0.2) is 0 Å². The third kappa shape index (κ3) is 5.49. The van der Waals surface area contributed by atoms with Crippen molar-refractivity contribution in [3.8, 4) is 0 Å². The molecule has 2 N–H and O–H groups in total. The Hall–Kier alpha value is -1.36. The zero-order valence-electron chi connectivity index (χ0n) is 10.0. The maximum Gasteiger partial charge on any atom is 0.306 e. The average molecular weight is 241 g/mol. The Morgan fingerprint density at radius 1 is 1.59 bits per heavy atom. The molecule has 0 saturated carbocycles. The Morgan fingerprint density at radius 3 is 2.88 bits per heavy atom. The summed E-state index contributed by atoms with van der Waals surface area (Å²) in [6.45, 7) is 0.248. The van der Waals surface area contributed by atoms with E-state index in [1.807, 2.05) is 0 Å². The highest BCUT2D eigenvalue weighted by Gasteiger charge is 2.16. The number of methoxy groups -OCH3 is 1. The number of aliphatic carboxylic acids is 1. The van der Waals surface area contributed by atoms with Crippen molar-refractivity contribution in [2.45, 2.75) is 31.8 Å². The summed E-state index contributed by atoms with van der Waals surface area (Å²) >= 11 is 0. The summed E-state index contributed by atoms with van der Waals surface area (Å²) in [5.74, 6) is -0.644. The van der Waals surface area contributed by atoms with Gasteiger partial charge in [0.2, 0.25) is 5.91 Å². The number of ether oxygens (including phenoxy) is 1. The number of amides is 1. The van der Waals surface area contributed by atoms with Crippen LogP contribution in [0.25, 0.3) is 0 Å². The molecule has 0 aromatic heterocycles. The molecule has 0 spiro atoms. The van der Waals surface area contributed by atoms with Gasteiger partial charge in [0.15, 0.2) is 0 Å². The minimum atomic E-state index is -0.926. The van der Waals surface area contributed by atoms with E-state index >= 15 is 0 Å². The Kier molecular flexibility index (Phi) is 5.69. The average Bonchev–Trinajstić information content (AvgIpc) is 2.76. The van der Waals surface area contributed by atoms with Gasteiger partial charge in [-0.3, -0.25) is 9.59 Å². The predicted molar refractivity (Wildman–Crippen MR) is 62.5 cm³/mol. The van der Waals surface area contributed by atoms with Gasteiger partial charge in [-0.05, 0) is 18.8 Å². The van der Waals surface area contributed by atoms with Gasteiger partial charge in [0.1, 0.15) is 0 Å². The lowest BCUT2D eigenvalue weighted by atomic mass is 10.1. The number of allylic oxidation sites excluding steroid dienone is 2. The van der Waals surface area contributed by atoms with E-state index in [1.165, 1.54) is 7.11 Å². The highest BCUT2D eigenvalue weighted by molar-refractivity contribution is 5.76. The zero-order chi connectivity index (χ0) is 12.7. The number of rotatable bonds is 7. The van der Waals surface area contributed by atoms with Crippen molar-refractivity contribution in [3.63, 3.8) is 0 Å². The normalized spacial score (nSPS) is 20.2. The maximum atomic E-state index is 11.6. The summed E-state index contributed by atoms with van der Waals surface area (Å²) in [7, 11) is 1.44. The standard InChI is InChI=1S/C12H19NO4/c1-17-10(7-12(15)16)8-13-11(14)6-9-4-2-3-5-9/h2,4,9-10H,3,5-8H2,1H3,(H,13,14)(H,15,16). The Morgan fingerprint density at radius 2 is 2.35 bits per heavy atom. The first-order valence-corrected chi connectivity index (χ1v) is 5.79. The number of carboxylic acid groups (broad SMARTS) is 1. The molecule has 0 radical (unpaired) electrons. The summed E-state index contributed by atoms with van der Waals surface area (Å²) in [5, 5.41) is 11.3. The molecule has 96 valence electrons. The SMILES string of the molecule is COC(CNC(=O)CC1C=CCC1)CC(=O)O. The molecular formula is C12H19NO4. The first-order chi connectivity index (χ1) is 8.11. The highest BCUT2D eigenvalue weighted by atomic mass is 16.5. The highest BCUT2D eigenvalue weighted by Crippen LogP contribution is 2.19. The van der Waals surface area contributed by atoms with E-state index < -0.39 is 12.1 Å². The molecule has 0 aromatic carbocycles. The Bertz CT molecular complexity index is 301. The predicted octanol–water partition coefficient (Wildman–Crippen LogP) is 0.949. The molecule has 5 nitrogen and oxygen atoms in total. The number of carboxylic acids is 1.